The predicted octanol–water partition coefficient (Wildman–Crippen LogP) is 2.28. The molecule has 2 aliphatic carbocycles. The molecule has 3 fully saturated rings. The molecule has 0 aromatic heterocycles. The van der Waals surface area contributed by atoms with E-state index in [9.17, 15) is 4.79 Å². The minimum Gasteiger partial charge on any atom is -0.352 e. The van der Waals surface area contributed by atoms with Crippen molar-refractivity contribution < 1.29 is 4.79 Å². The molecule has 0 aromatic rings. The zero-order valence-corrected chi connectivity index (χ0v) is 15.5. The number of likely N-dealkylation sites (tertiary alicyclic amines) is 1. The number of hydrogen-bond donors (Lipinski definition) is 2. The number of carbonyl (C=O) groups is 1. The number of carbonyl (C=O) groups excluding carboxylic acids is 1. The topological polar surface area (TPSA) is 44.4 Å². The molecule has 2 N–H and O–H groups in total. The van der Waals surface area contributed by atoms with Crippen LogP contribution in [0.4, 0.5) is 0 Å². The van der Waals surface area contributed by atoms with Gasteiger partial charge in [0.2, 0.25) is 5.91 Å². The molecule has 3 aliphatic rings. The molecule has 1 saturated heterocycles. The number of fused-ring (bicyclic) bond motifs is 2. The van der Waals surface area contributed by atoms with Crippen molar-refractivity contribution in [2.45, 2.75) is 51.5 Å². The molecule has 1 aliphatic heterocycles. The second-order valence-corrected chi connectivity index (χ2v) is 7.97. The maximum absolute atomic E-state index is 12.3. The summed E-state index contributed by atoms with van der Waals surface area (Å²) in [6.07, 6.45) is 8.04. The molecule has 134 valence electrons. The largest absolute Gasteiger partial charge is 0.352 e. The average molecular weight is 344 g/mol. The molecule has 0 spiro atoms. The fourth-order valence-corrected chi connectivity index (χ4v) is 5.15. The molecule has 1 amide bonds. The zero-order chi connectivity index (χ0) is 15.5. The molecule has 23 heavy (non-hydrogen) atoms. The Labute approximate surface area is 147 Å². The van der Waals surface area contributed by atoms with E-state index in [0.29, 0.717) is 12.6 Å². The van der Waals surface area contributed by atoms with Crippen LogP contribution in [0.5, 0.6) is 0 Å². The number of nitrogens with one attached hydrogen (secondary N) is 2. The summed E-state index contributed by atoms with van der Waals surface area (Å²) in [6.45, 7) is 6.08. The maximum atomic E-state index is 12.3. The Bertz CT molecular complexity index is 384. The van der Waals surface area contributed by atoms with E-state index >= 15 is 0 Å². The number of amides is 1. The molecule has 4 nitrogen and oxygen atoms in total. The van der Waals surface area contributed by atoms with Gasteiger partial charge in [-0.3, -0.25) is 9.69 Å². The van der Waals surface area contributed by atoms with Crippen LogP contribution < -0.4 is 10.6 Å². The molecule has 2 bridgehead atoms. The highest BCUT2D eigenvalue weighted by atomic mass is 35.5. The molecule has 4 unspecified atom stereocenters. The van der Waals surface area contributed by atoms with Crippen LogP contribution in [0.3, 0.4) is 0 Å². The summed E-state index contributed by atoms with van der Waals surface area (Å²) in [6, 6.07) is 0.365. The summed E-state index contributed by atoms with van der Waals surface area (Å²) in [5, 5.41) is 6.56. The van der Waals surface area contributed by atoms with Crippen LogP contribution in [0, 0.1) is 23.7 Å². The molecule has 1 heterocycles. The van der Waals surface area contributed by atoms with Crippen LogP contribution in [-0.4, -0.2) is 50.1 Å². The Morgan fingerprint density at radius 2 is 1.91 bits per heavy atom. The number of hydrogen-bond acceptors (Lipinski definition) is 3. The third kappa shape index (κ3) is 4.83. The van der Waals surface area contributed by atoms with Gasteiger partial charge in [0.1, 0.15) is 0 Å². The van der Waals surface area contributed by atoms with Gasteiger partial charge in [0.15, 0.2) is 0 Å². The van der Waals surface area contributed by atoms with E-state index < -0.39 is 0 Å². The van der Waals surface area contributed by atoms with Crippen molar-refractivity contribution in [1.82, 2.24) is 15.5 Å². The molecular weight excluding hydrogens is 310 g/mol. The summed E-state index contributed by atoms with van der Waals surface area (Å²) in [7, 11) is 2.02. The van der Waals surface area contributed by atoms with Crippen LogP contribution in [0.15, 0.2) is 0 Å². The van der Waals surface area contributed by atoms with Gasteiger partial charge in [-0.2, -0.15) is 0 Å². The van der Waals surface area contributed by atoms with E-state index in [1.165, 1.54) is 38.5 Å². The van der Waals surface area contributed by atoms with Gasteiger partial charge >= 0.3 is 0 Å². The third-order valence-electron chi connectivity index (χ3n) is 6.39. The van der Waals surface area contributed by atoms with Crippen molar-refractivity contribution in [2.75, 3.05) is 33.2 Å². The molecular formula is C18H34ClN3O. The molecule has 2 saturated carbocycles. The molecule has 5 heteroatoms. The van der Waals surface area contributed by atoms with Crippen LogP contribution in [-0.2, 0) is 4.79 Å². The monoisotopic (exact) mass is 343 g/mol. The van der Waals surface area contributed by atoms with Crippen molar-refractivity contribution in [1.29, 1.82) is 0 Å². The van der Waals surface area contributed by atoms with Gasteiger partial charge in [0.25, 0.3) is 0 Å². The third-order valence-corrected chi connectivity index (χ3v) is 6.39. The minimum absolute atomic E-state index is 0. The van der Waals surface area contributed by atoms with Gasteiger partial charge in [0, 0.05) is 6.04 Å². The number of nitrogens with zero attached hydrogens (tertiary/aromatic N) is 1. The van der Waals surface area contributed by atoms with Crippen molar-refractivity contribution in [3.63, 3.8) is 0 Å². The summed E-state index contributed by atoms with van der Waals surface area (Å²) in [4.78, 5) is 14.7. The summed E-state index contributed by atoms with van der Waals surface area (Å²) < 4.78 is 0. The van der Waals surface area contributed by atoms with Gasteiger partial charge in [-0.15, -0.1) is 12.4 Å². The maximum Gasteiger partial charge on any atom is 0.234 e. The summed E-state index contributed by atoms with van der Waals surface area (Å²) in [5.74, 6) is 3.61. The van der Waals surface area contributed by atoms with E-state index in [1.54, 1.807) is 0 Å². The highest BCUT2D eigenvalue weighted by Crippen LogP contribution is 2.49. The number of piperidine rings is 1. The lowest BCUT2D eigenvalue weighted by Crippen LogP contribution is -2.47. The second kappa shape index (κ2) is 8.68. The van der Waals surface area contributed by atoms with Gasteiger partial charge < -0.3 is 10.6 Å². The van der Waals surface area contributed by atoms with Gasteiger partial charge in [-0.05, 0) is 89.4 Å². The Morgan fingerprint density at radius 3 is 2.48 bits per heavy atom. The normalized spacial score (nSPS) is 32.5. The smallest absolute Gasteiger partial charge is 0.234 e. The molecule has 0 aromatic carbocycles. The highest BCUT2D eigenvalue weighted by Gasteiger charge is 2.42. The SMILES string of the molecule is CNCC1CCN(CC(=O)NC(C)C2CC3CCC2C3)CC1.Cl. The fourth-order valence-electron chi connectivity index (χ4n) is 5.15. The van der Waals surface area contributed by atoms with Gasteiger partial charge in [0.05, 0.1) is 6.54 Å². The predicted molar refractivity (Wildman–Crippen MR) is 96.9 cm³/mol. The van der Waals surface area contributed by atoms with Crippen molar-refractivity contribution in [3.05, 3.63) is 0 Å². The summed E-state index contributed by atoms with van der Waals surface area (Å²) in [5.41, 5.74) is 0. The molecule has 3 rings (SSSR count). The van der Waals surface area contributed by atoms with Crippen molar-refractivity contribution >= 4 is 18.3 Å². The highest BCUT2D eigenvalue weighted by molar-refractivity contribution is 5.85. The van der Waals surface area contributed by atoms with Crippen molar-refractivity contribution in [2.24, 2.45) is 23.7 Å². The van der Waals surface area contributed by atoms with Crippen LogP contribution in [0.25, 0.3) is 0 Å². The van der Waals surface area contributed by atoms with Crippen LogP contribution in [0.2, 0.25) is 0 Å². The van der Waals surface area contributed by atoms with E-state index in [2.05, 4.69) is 22.5 Å². The molecule has 0 radical (unpaired) electrons. The lowest BCUT2D eigenvalue weighted by atomic mass is 9.84. The van der Waals surface area contributed by atoms with Crippen LogP contribution >= 0.6 is 12.4 Å². The van der Waals surface area contributed by atoms with E-state index in [4.69, 9.17) is 0 Å². The first-order valence-corrected chi connectivity index (χ1v) is 9.32. The van der Waals surface area contributed by atoms with E-state index in [1.807, 2.05) is 7.05 Å². The second-order valence-electron chi connectivity index (χ2n) is 7.97. The Hall–Kier alpha value is -0.320. The Balaban J connectivity index is 0.00000192. The lowest BCUT2D eigenvalue weighted by molar-refractivity contribution is -0.123. The van der Waals surface area contributed by atoms with E-state index in [-0.39, 0.29) is 18.3 Å². The lowest BCUT2D eigenvalue weighted by Gasteiger charge is -2.33. The number of halogens is 1. The molecule has 4 atom stereocenters. The first kappa shape index (κ1) is 19.0. The van der Waals surface area contributed by atoms with Gasteiger partial charge in [-0.25, -0.2) is 0 Å². The Kier molecular flexibility index (Phi) is 7.18. The zero-order valence-electron chi connectivity index (χ0n) is 14.7. The quantitative estimate of drug-likeness (QED) is 0.777. The first-order chi connectivity index (χ1) is 10.7. The minimum atomic E-state index is 0. The fraction of sp³-hybridized carbons (Fsp3) is 0.944. The van der Waals surface area contributed by atoms with Gasteiger partial charge in [-0.1, -0.05) is 6.42 Å². The van der Waals surface area contributed by atoms with Crippen molar-refractivity contribution in [3.8, 4) is 0 Å². The van der Waals surface area contributed by atoms with Crippen LogP contribution in [0.1, 0.15) is 45.4 Å². The Morgan fingerprint density at radius 1 is 1.17 bits per heavy atom. The average Bonchev–Trinajstić information content (AvgIpc) is 3.12. The first-order valence-electron chi connectivity index (χ1n) is 9.32. The number of rotatable bonds is 6. The standard InChI is InChI=1S/C18H33N3O.ClH/c1-13(17-10-15-3-4-16(17)9-15)20-18(22)12-21-7-5-14(6-8-21)11-19-2;/h13-17,19H,3-12H2,1-2H3,(H,20,22);1H. The summed E-state index contributed by atoms with van der Waals surface area (Å²) >= 11 is 0. The van der Waals surface area contributed by atoms with E-state index in [0.717, 1.165) is 43.3 Å².